The van der Waals surface area contributed by atoms with Crippen molar-refractivity contribution < 1.29 is 0 Å². The molecule has 0 fully saturated rings. The molecular weight excluding hydrogens is 160 g/mol. The Morgan fingerprint density at radius 2 is 2.20 bits per heavy atom. The standard InChI is InChI=1S/C8H12S2/c1-6-4-10-5-8(6)7(2)9-3/h4-5,7H,1-3H3/t7-/m0/s1. The zero-order chi connectivity index (χ0) is 7.56. The Morgan fingerprint density at radius 3 is 2.60 bits per heavy atom. The molecule has 1 atom stereocenters. The van der Waals surface area contributed by atoms with Gasteiger partial charge in [0, 0.05) is 5.25 Å². The molecule has 1 heterocycles. The average molecular weight is 172 g/mol. The zero-order valence-electron chi connectivity index (χ0n) is 6.55. The van der Waals surface area contributed by atoms with Crippen LogP contribution >= 0.6 is 23.1 Å². The monoisotopic (exact) mass is 172 g/mol. The molecule has 0 nitrogen and oxygen atoms in total. The van der Waals surface area contributed by atoms with Gasteiger partial charge in [-0.3, -0.25) is 0 Å². The van der Waals surface area contributed by atoms with Gasteiger partial charge in [-0.05, 0) is 42.0 Å². The van der Waals surface area contributed by atoms with E-state index in [1.165, 1.54) is 11.1 Å². The normalized spacial score (nSPS) is 13.5. The van der Waals surface area contributed by atoms with Gasteiger partial charge < -0.3 is 0 Å². The van der Waals surface area contributed by atoms with Crippen LogP contribution in [0.5, 0.6) is 0 Å². The van der Waals surface area contributed by atoms with Gasteiger partial charge in [-0.1, -0.05) is 0 Å². The molecule has 0 amide bonds. The summed E-state index contributed by atoms with van der Waals surface area (Å²) in [6.45, 7) is 4.43. The summed E-state index contributed by atoms with van der Waals surface area (Å²) in [4.78, 5) is 0. The third-order valence-corrected chi connectivity index (χ3v) is 3.53. The Kier molecular flexibility index (Phi) is 2.81. The van der Waals surface area contributed by atoms with E-state index < -0.39 is 0 Å². The van der Waals surface area contributed by atoms with Crippen LogP contribution in [-0.2, 0) is 0 Å². The molecule has 0 saturated heterocycles. The van der Waals surface area contributed by atoms with Crippen LogP contribution in [0.1, 0.15) is 23.3 Å². The van der Waals surface area contributed by atoms with Crippen LogP contribution in [-0.4, -0.2) is 6.26 Å². The number of thioether (sulfide) groups is 1. The first kappa shape index (κ1) is 8.15. The van der Waals surface area contributed by atoms with Crippen molar-refractivity contribution in [3.8, 4) is 0 Å². The molecule has 1 rings (SSSR count). The maximum absolute atomic E-state index is 2.25. The summed E-state index contributed by atoms with van der Waals surface area (Å²) >= 11 is 3.70. The second-order valence-electron chi connectivity index (χ2n) is 2.39. The largest absolute Gasteiger partial charge is 0.157 e. The molecule has 0 aliphatic rings. The third-order valence-electron chi connectivity index (χ3n) is 1.69. The predicted octanol–water partition coefficient (Wildman–Crippen LogP) is 3.48. The van der Waals surface area contributed by atoms with Gasteiger partial charge in [-0.2, -0.15) is 23.1 Å². The fraction of sp³-hybridized carbons (Fsp3) is 0.500. The zero-order valence-corrected chi connectivity index (χ0v) is 8.18. The van der Waals surface area contributed by atoms with Crippen molar-refractivity contribution in [2.45, 2.75) is 19.1 Å². The number of hydrogen-bond donors (Lipinski definition) is 0. The topological polar surface area (TPSA) is 0 Å². The maximum Gasteiger partial charge on any atom is 0.0277 e. The van der Waals surface area contributed by atoms with Crippen molar-refractivity contribution in [3.05, 3.63) is 21.9 Å². The highest BCUT2D eigenvalue weighted by molar-refractivity contribution is 7.98. The van der Waals surface area contributed by atoms with Gasteiger partial charge in [-0.15, -0.1) is 0 Å². The molecule has 0 spiro atoms. The minimum absolute atomic E-state index is 0.659. The van der Waals surface area contributed by atoms with E-state index in [9.17, 15) is 0 Å². The maximum atomic E-state index is 2.25. The summed E-state index contributed by atoms with van der Waals surface area (Å²) in [5.41, 5.74) is 2.93. The molecule has 0 N–H and O–H groups in total. The summed E-state index contributed by atoms with van der Waals surface area (Å²) in [5.74, 6) is 0. The Bertz CT molecular complexity index is 203. The second kappa shape index (κ2) is 3.44. The molecule has 0 aliphatic heterocycles. The molecule has 0 radical (unpaired) electrons. The summed E-state index contributed by atoms with van der Waals surface area (Å²) in [6, 6.07) is 0. The van der Waals surface area contributed by atoms with Gasteiger partial charge in [-0.25, -0.2) is 0 Å². The third kappa shape index (κ3) is 1.55. The highest BCUT2D eigenvalue weighted by Crippen LogP contribution is 2.30. The fourth-order valence-corrected chi connectivity index (χ4v) is 2.45. The van der Waals surface area contributed by atoms with E-state index in [-0.39, 0.29) is 0 Å². The minimum Gasteiger partial charge on any atom is -0.157 e. The lowest BCUT2D eigenvalue weighted by molar-refractivity contribution is 1.09. The summed E-state index contributed by atoms with van der Waals surface area (Å²) in [6.07, 6.45) is 2.15. The predicted molar refractivity (Wildman–Crippen MR) is 51.0 cm³/mol. The van der Waals surface area contributed by atoms with Crippen LogP contribution in [0, 0.1) is 6.92 Å². The van der Waals surface area contributed by atoms with E-state index in [0.717, 1.165) is 0 Å². The summed E-state index contributed by atoms with van der Waals surface area (Å²) in [7, 11) is 0. The van der Waals surface area contributed by atoms with E-state index in [1.54, 1.807) is 11.3 Å². The lowest BCUT2D eigenvalue weighted by Gasteiger charge is -2.05. The van der Waals surface area contributed by atoms with Crippen molar-refractivity contribution in [2.75, 3.05) is 6.26 Å². The number of hydrogen-bond acceptors (Lipinski definition) is 2. The molecular formula is C8H12S2. The number of thiophene rings is 1. The van der Waals surface area contributed by atoms with E-state index in [0.29, 0.717) is 5.25 Å². The van der Waals surface area contributed by atoms with Crippen LogP contribution < -0.4 is 0 Å². The Hall–Kier alpha value is 0.0500. The second-order valence-corrected chi connectivity index (χ2v) is 4.31. The lowest BCUT2D eigenvalue weighted by atomic mass is 10.2. The van der Waals surface area contributed by atoms with Crippen molar-refractivity contribution in [2.24, 2.45) is 0 Å². The Labute approximate surface area is 70.7 Å². The molecule has 0 unspecified atom stereocenters. The molecule has 0 bridgehead atoms. The van der Waals surface area contributed by atoms with Crippen molar-refractivity contribution in [3.63, 3.8) is 0 Å². The van der Waals surface area contributed by atoms with Gasteiger partial charge in [0.05, 0.1) is 0 Å². The SMILES string of the molecule is CS[C@@H](C)c1cscc1C. The molecule has 10 heavy (non-hydrogen) atoms. The first-order valence-electron chi connectivity index (χ1n) is 3.31. The first-order valence-corrected chi connectivity index (χ1v) is 5.54. The van der Waals surface area contributed by atoms with Crippen molar-refractivity contribution >= 4 is 23.1 Å². The van der Waals surface area contributed by atoms with E-state index >= 15 is 0 Å². The molecule has 1 aromatic heterocycles. The minimum atomic E-state index is 0.659. The van der Waals surface area contributed by atoms with Gasteiger partial charge >= 0.3 is 0 Å². The fourth-order valence-electron chi connectivity index (χ4n) is 0.914. The molecule has 56 valence electrons. The first-order chi connectivity index (χ1) is 4.75. The Morgan fingerprint density at radius 1 is 1.50 bits per heavy atom. The van der Waals surface area contributed by atoms with Gasteiger partial charge in [0.1, 0.15) is 0 Å². The van der Waals surface area contributed by atoms with Crippen LogP contribution in [0.2, 0.25) is 0 Å². The van der Waals surface area contributed by atoms with Crippen LogP contribution in [0.25, 0.3) is 0 Å². The number of rotatable bonds is 2. The quantitative estimate of drug-likeness (QED) is 0.658. The van der Waals surface area contributed by atoms with Crippen LogP contribution in [0.4, 0.5) is 0 Å². The average Bonchev–Trinajstić information content (AvgIpc) is 2.34. The number of aryl methyl sites for hydroxylation is 1. The smallest absolute Gasteiger partial charge is 0.0277 e. The van der Waals surface area contributed by atoms with Crippen LogP contribution in [0.3, 0.4) is 0 Å². The van der Waals surface area contributed by atoms with E-state index in [4.69, 9.17) is 0 Å². The van der Waals surface area contributed by atoms with E-state index in [1.807, 2.05) is 11.8 Å². The van der Waals surface area contributed by atoms with Crippen molar-refractivity contribution in [1.29, 1.82) is 0 Å². The molecule has 1 aromatic rings. The molecule has 0 aromatic carbocycles. The van der Waals surface area contributed by atoms with Gasteiger partial charge in [0.25, 0.3) is 0 Å². The van der Waals surface area contributed by atoms with E-state index in [2.05, 4.69) is 30.9 Å². The highest BCUT2D eigenvalue weighted by atomic mass is 32.2. The lowest BCUT2D eigenvalue weighted by Crippen LogP contribution is -1.85. The summed E-state index contributed by atoms with van der Waals surface area (Å²) < 4.78 is 0. The summed E-state index contributed by atoms with van der Waals surface area (Å²) in [5, 5.41) is 5.12. The molecule has 0 saturated carbocycles. The van der Waals surface area contributed by atoms with Gasteiger partial charge in [0.15, 0.2) is 0 Å². The Balaban J connectivity index is 2.82. The highest BCUT2D eigenvalue weighted by Gasteiger charge is 2.06. The van der Waals surface area contributed by atoms with Crippen LogP contribution in [0.15, 0.2) is 10.8 Å². The van der Waals surface area contributed by atoms with Crippen molar-refractivity contribution in [1.82, 2.24) is 0 Å². The molecule has 0 aliphatic carbocycles. The van der Waals surface area contributed by atoms with Gasteiger partial charge in [0.2, 0.25) is 0 Å². The molecule has 2 heteroatoms.